The molecule has 2 aromatic carbocycles. The van der Waals surface area contributed by atoms with Gasteiger partial charge in [0.15, 0.2) is 0 Å². The molecule has 0 heterocycles. The third-order valence-corrected chi connectivity index (χ3v) is 4.15. The van der Waals surface area contributed by atoms with Crippen molar-refractivity contribution in [2.75, 3.05) is 0 Å². The summed E-state index contributed by atoms with van der Waals surface area (Å²) in [5.74, 6) is -0.869. The van der Waals surface area contributed by atoms with Crippen molar-refractivity contribution in [2.24, 2.45) is 0 Å². The van der Waals surface area contributed by atoms with Crippen molar-refractivity contribution < 1.29 is 19.4 Å². The molecule has 0 aliphatic heterocycles. The number of carbonyl (C=O) groups is 2. The molecule has 3 rings (SSSR count). The first-order valence-electron chi connectivity index (χ1n) is 8.14. The molecule has 5 nitrogen and oxygen atoms in total. The number of carbonyl (C=O) groups excluding carboxylic acids is 1. The summed E-state index contributed by atoms with van der Waals surface area (Å²) in [6.45, 7) is 0.200. The van der Waals surface area contributed by atoms with Crippen LogP contribution in [0.4, 0.5) is 4.79 Å². The fraction of sp³-hybridized carbons (Fsp3) is 0.200. The zero-order valence-electron chi connectivity index (χ0n) is 13.7. The van der Waals surface area contributed by atoms with Gasteiger partial charge in [0.05, 0.1) is 0 Å². The van der Waals surface area contributed by atoms with Gasteiger partial charge >= 0.3 is 12.1 Å². The van der Waals surface area contributed by atoms with E-state index in [9.17, 15) is 9.59 Å². The number of hydrogen-bond donors (Lipinski definition) is 2. The van der Waals surface area contributed by atoms with E-state index in [2.05, 4.69) is 23.5 Å². The second kappa shape index (κ2) is 7.66. The van der Waals surface area contributed by atoms with Gasteiger partial charge in [-0.2, -0.15) is 0 Å². The number of rotatable bonds is 6. The number of carboxylic acids is 1. The minimum Gasteiger partial charge on any atom is -0.481 e. The third kappa shape index (κ3) is 4.07. The molecule has 1 amide bonds. The van der Waals surface area contributed by atoms with Gasteiger partial charge in [0.1, 0.15) is 6.61 Å². The van der Waals surface area contributed by atoms with Crippen molar-refractivity contribution in [3.63, 3.8) is 0 Å². The van der Waals surface area contributed by atoms with Gasteiger partial charge in [-0.25, -0.2) is 4.79 Å². The summed E-state index contributed by atoms with van der Waals surface area (Å²) in [6.07, 6.45) is 3.69. The quantitative estimate of drug-likeness (QED) is 0.716. The second-order valence-corrected chi connectivity index (χ2v) is 5.83. The maximum atomic E-state index is 11.7. The molecule has 0 unspecified atom stereocenters. The smallest absolute Gasteiger partial charge is 0.411 e. The van der Waals surface area contributed by atoms with E-state index in [4.69, 9.17) is 9.84 Å². The van der Waals surface area contributed by atoms with Crippen LogP contribution in [0.3, 0.4) is 0 Å². The fourth-order valence-electron chi connectivity index (χ4n) is 2.96. The van der Waals surface area contributed by atoms with Gasteiger partial charge < -0.3 is 9.84 Å². The highest BCUT2D eigenvalue weighted by Gasteiger charge is 2.20. The second-order valence-electron chi connectivity index (χ2n) is 5.83. The van der Waals surface area contributed by atoms with E-state index < -0.39 is 12.1 Å². The number of benzene rings is 2. The minimum absolute atomic E-state index is 0.0317. The van der Waals surface area contributed by atoms with Crippen LogP contribution in [0.25, 0.3) is 11.1 Å². The predicted octanol–water partition coefficient (Wildman–Crippen LogP) is 3.86. The molecule has 0 spiro atoms. The molecule has 1 aliphatic carbocycles. The van der Waals surface area contributed by atoms with Crippen LogP contribution in [0.15, 0.2) is 54.7 Å². The summed E-state index contributed by atoms with van der Waals surface area (Å²) in [5, 5.41) is 11.0. The van der Waals surface area contributed by atoms with Gasteiger partial charge in [-0.1, -0.05) is 48.5 Å². The van der Waals surface area contributed by atoms with Crippen LogP contribution in [0.2, 0.25) is 0 Å². The summed E-state index contributed by atoms with van der Waals surface area (Å²) in [7, 11) is 0. The summed E-state index contributed by atoms with van der Waals surface area (Å²) in [5.41, 5.74) is 5.93. The van der Waals surface area contributed by atoms with E-state index in [0.29, 0.717) is 6.42 Å². The maximum absolute atomic E-state index is 11.7. The summed E-state index contributed by atoms with van der Waals surface area (Å²) in [4.78, 5) is 22.1. The summed E-state index contributed by atoms with van der Waals surface area (Å²) >= 11 is 0. The Morgan fingerprint density at radius 3 is 2.76 bits per heavy atom. The van der Waals surface area contributed by atoms with Crippen LogP contribution in [0, 0.1) is 0 Å². The average molecular weight is 337 g/mol. The Bertz CT molecular complexity index is 826. The van der Waals surface area contributed by atoms with Crippen molar-refractivity contribution in [2.45, 2.75) is 25.9 Å². The first-order valence-corrected chi connectivity index (χ1v) is 8.14. The monoisotopic (exact) mass is 337 g/mol. The van der Waals surface area contributed by atoms with Crippen LogP contribution >= 0.6 is 0 Å². The molecule has 0 radical (unpaired) electrons. The highest BCUT2D eigenvalue weighted by atomic mass is 16.5. The number of allylic oxidation sites excluding steroid dienone is 1. The Morgan fingerprint density at radius 1 is 1.12 bits per heavy atom. The number of ether oxygens (including phenoxy) is 1. The topological polar surface area (TPSA) is 75.6 Å². The molecular weight excluding hydrogens is 318 g/mol. The Morgan fingerprint density at radius 2 is 1.92 bits per heavy atom. The van der Waals surface area contributed by atoms with E-state index in [-0.39, 0.29) is 13.0 Å². The molecule has 0 bridgehead atoms. The van der Waals surface area contributed by atoms with E-state index in [1.807, 2.05) is 24.3 Å². The molecule has 128 valence electrons. The van der Waals surface area contributed by atoms with Crippen LogP contribution in [-0.4, -0.2) is 17.2 Å². The van der Waals surface area contributed by atoms with Gasteiger partial charge in [-0.05, 0) is 40.7 Å². The van der Waals surface area contributed by atoms with Gasteiger partial charge in [0, 0.05) is 12.6 Å². The van der Waals surface area contributed by atoms with Crippen LogP contribution in [0.1, 0.15) is 29.5 Å². The van der Waals surface area contributed by atoms with Crippen molar-refractivity contribution in [1.82, 2.24) is 5.32 Å². The Balaban J connectivity index is 1.57. The molecule has 0 fully saturated rings. The molecule has 0 saturated heterocycles. The fourth-order valence-corrected chi connectivity index (χ4v) is 2.96. The number of hydrogen-bond acceptors (Lipinski definition) is 3. The van der Waals surface area contributed by atoms with E-state index in [0.717, 1.165) is 12.0 Å². The highest BCUT2D eigenvalue weighted by Crippen LogP contribution is 2.38. The van der Waals surface area contributed by atoms with Crippen molar-refractivity contribution in [3.05, 3.63) is 71.4 Å². The maximum Gasteiger partial charge on any atom is 0.411 e. The van der Waals surface area contributed by atoms with Crippen molar-refractivity contribution >= 4 is 12.1 Å². The first kappa shape index (κ1) is 16.8. The average Bonchev–Trinajstić information content (AvgIpc) is 2.98. The molecule has 0 saturated carbocycles. The molecule has 0 aromatic heterocycles. The van der Waals surface area contributed by atoms with Gasteiger partial charge in [0.25, 0.3) is 0 Å². The molecule has 25 heavy (non-hydrogen) atoms. The molecule has 5 heteroatoms. The molecule has 0 atom stereocenters. The number of fused-ring (bicyclic) bond motifs is 3. The predicted molar refractivity (Wildman–Crippen MR) is 94.0 cm³/mol. The number of amides is 1. The number of nitrogens with one attached hydrogen (secondary N) is 1. The molecular formula is C20H19NO4. The highest BCUT2D eigenvalue weighted by molar-refractivity contribution is 5.78. The Labute approximate surface area is 145 Å². The van der Waals surface area contributed by atoms with Gasteiger partial charge in [0.2, 0.25) is 0 Å². The Kier molecular flexibility index (Phi) is 5.14. The minimum atomic E-state index is -0.869. The van der Waals surface area contributed by atoms with Crippen LogP contribution < -0.4 is 5.32 Å². The number of carboxylic acid groups (broad SMARTS) is 1. The summed E-state index contributed by atoms with van der Waals surface area (Å²) in [6, 6.07) is 14.3. The van der Waals surface area contributed by atoms with Gasteiger partial charge in [-0.15, -0.1) is 0 Å². The van der Waals surface area contributed by atoms with E-state index >= 15 is 0 Å². The number of aliphatic carboxylic acids is 1. The van der Waals surface area contributed by atoms with Crippen LogP contribution in [-0.2, 0) is 22.6 Å². The first-order chi connectivity index (χ1) is 12.1. The zero-order chi connectivity index (χ0) is 17.6. The Hall–Kier alpha value is -3.08. The standard InChI is InChI=1S/C20H19NO4/c22-19(23)10-3-4-11-21-20(24)25-13-15-7-5-9-17-16-8-2-1-6-14(16)12-18(15)17/h1-2,4-9,11H,3,10,12-13H2,(H,21,24)(H,22,23). The molecule has 2 aromatic rings. The lowest BCUT2D eigenvalue weighted by atomic mass is 10.0. The van der Waals surface area contributed by atoms with Crippen LogP contribution in [0.5, 0.6) is 0 Å². The largest absolute Gasteiger partial charge is 0.481 e. The molecule has 2 N–H and O–H groups in total. The zero-order valence-corrected chi connectivity index (χ0v) is 13.7. The van der Waals surface area contributed by atoms with Crippen molar-refractivity contribution in [3.8, 4) is 11.1 Å². The summed E-state index contributed by atoms with van der Waals surface area (Å²) < 4.78 is 5.26. The number of alkyl carbamates (subject to hydrolysis) is 1. The normalized spacial score (nSPS) is 11.8. The third-order valence-electron chi connectivity index (χ3n) is 4.15. The molecule has 1 aliphatic rings. The van der Waals surface area contributed by atoms with Crippen molar-refractivity contribution in [1.29, 1.82) is 0 Å². The SMILES string of the molecule is O=C(O)CCC=CNC(=O)OCc1cccc2c1Cc1ccccc1-2. The lowest BCUT2D eigenvalue weighted by Crippen LogP contribution is -2.18. The van der Waals surface area contributed by atoms with Gasteiger partial charge in [-0.3, -0.25) is 10.1 Å². The van der Waals surface area contributed by atoms with E-state index in [1.54, 1.807) is 6.08 Å². The lowest BCUT2D eigenvalue weighted by Gasteiger charge is -2.09. The van der Waals surface area contributed by atoms with E-state index in [1.165, 1.54) is 28.5 Å². The lowest BCUT2D eigenvalue weighted by molar-refractivity contribution is -0.136.